The first-order valence-electron chi connectivity index (χ1n) is 8.62. The zero-order valence-corrected chi connectivity index (χ0v) is 14.4. The van der Waals surface area contributed by atoms with Gasteiger partial charge in [0.05, 0.1) is 12.3 Å². The zero-order valence-electron chi connectivity index (χ0n) is 14.4. The van der Waals surface area contributed by atoms with Crippen LogP contribution in [0, 0.1) is 5.92 Å². The fourth-order valence-electron chi connectivity index (χ4n) is 3.08. The SMILES string of the molecule is C[C@@H](COc1ccc(-c2ccc(=O)n(C)n2)cc1)CN1CCCC1. The second-order valence-electron chi connectivity index (χ2n) is 6.63. The summed E-state index contributed by atoms with van der Waals surface area (Å²) in [6.07, 6.45) is 2.66. The van der Waals surface area contributed by atoms with E-state index in [0.29, 0.717) is 5.92 Å². The molecule has 1 fully saturated rings. The number of ether oxygens (including phenoxy) is 1. The number of likely N-dealkylation sites (tertiary alicyclic amines) is 1. The highest BCUT2D eigenvalue weighted by molar-refractivity contribution is 5.59. The van der Waals surface area contributed by atoms with Crippen LogP contribution in [0.2, 0.25) is 0 Å². The topological polar surface area (TPSA) is 47.4 Å². The standard InChI is InChI=1S/C19H25N3O2/c1-15(13-22-11-3-4-12-22)14-24-17-7-5-16(6-8-17)18-9-10-19(23)21(2)20-18/h5-10,15H,3-4,11-14H2,1-2H3/t15-/m1/s1. The average molecular weight is 327 g/mol. The molecule has 5 heteroatoms. The third-order valence-corrected chi connectivity index (χ3v) is 4.41. The second kappa shape index (κ2) is 7.62. The van der Waals surface area contributed by atoms with Gasteiger partial charge in [0, 0.05) is 31.1 Å². The van der Waals surface area contributed by atoms with Crippen molar-refractivity contribution in [2.45, 2.75) is 19.8 Å². The van der Waals surface area contributed by atoms with E-state index in [9.17, 15) is 4.79 Å². The third-order valence-electron chi connectivity index (χ3n) is 4.41. The Morgan fingerprint density at radius 2 is 1.83 bits per heavy atom. The zero-order chi connectivity index (χ0) is 16.9. The van der Waals surface area contributed by atoms with Gasteiger partial charge >= 0.3 is 0 Å². The molecule has 1 atom stereocenters. The van der Waals surface area contributed by atoms with Crippen molar-refractivity contribution in [2.75, 3.05) is 26.2 Å². The van der Waals surface area contributed by atoms with Gasteiger partial charge in [0.25, 0.3) is 5.56 Å². The molecule has 1 aliphatic rings. The van der Waals surface area contributed by atoms with Crippen LogP contribution in [0.15, 0.2) is 41.2 Å². The van der Waals surface area contributed by atoms with Crippen molar-refractivity contribution in [1.82, 2.24) is 14.7 Å². The van der Waals surface area contributed by atoms with Crippen LogP contribution in [-0.4, -0.2) is 40.9 Å². The van der Waals surface area contributed by atoms with Crippen molar-refractivity contribution in [1.29, 1.82) is 0 Å². The van der Waals surface area contributed by atoms with Crippen LogP contribution in [0.5, 0.6) is 5.75 Å². The maximum absolute atomic E-state index is 11.4. The first-order chi connectivity index (χ1) is 11.6. The van der Waals surface area contributed by atoms with Gasteiger partial charge in [-0.15, -0.1) is 0 Å². The summed E-state index contributed by atoms with van der Waals surface area (Å²) in [5.74, 6) is 1.39. The van der Waals surface area contributed by atoms with Crippen molar-refractivity contribution < 1.29 is 4.74 Å². The van der Waals surface area contributed by atoms with E-state index in [1.54, 1.807) is 13.1 Å². The predicted molar refractivity (Wildman–Crippen MR) is 95.2 cm³/mol. The van der Waals surface area contributed by atoms with Crippen LogP contribution in [0.4, 0.5) is 0 Å². The maximum atomic E-state index is 11.4. The number of nitrogens with zero attached hydrogens (tertiary/aromatic N) is 3. The average Bonchev–Trinajstić information content (AvgIpc) is 3.09. The van der Waals surface area contributed by atoms with Gasteiger partial charge in [-0.1, -0.05) is 6.92 Å². The molecule has 1 aromatic carbocycles. The monoisotopic (exact) mass is 327 g/mol. The minimum absolute atomic E-state index is 0.106. The molecule has 0 aliphatic carbocycles. The van der Waals surface area contributed by atoms with Crippen LogP contribution in [-0.2, 0) is 7.05 Å². The van der Waals surface area contributed by atoms with Gasteiger partial charge in [-0.05, 0) is 56.3 Å². The third kappa shape index (κ3) is 4.23. The molecule has 0 spiro atoms. The Morgan fingerprint density at radius 3 is 2.50 bits per heavy atom. The van der Waals surface area contributed by atoms with Crippen LogP contribution in [0.3, 0.4) is 0 Å². The number of rotatable bonds is 6. The Kier molecular flexibility index (Phi) is 5.30. The summed E-state index contributed by atoms with van der Waals surface area (Å²) in [5.41, 5.74) is 1.65. The lowest BCUT2D eigenvalue weighted by atomic mass is 10.1. The summed E-state index contributed by atoms with van der Waals surface area (Å²) in [6, 6.07) is 11.2. The quantitative estimate of drug-likeness (QED) is 0.818. The lowest BCUT2D eigenvalue weighted by Gasteiger charge is -2.20. The molecular formula is C19H25N3O2. The lowest BCUT2D eigenvalue weighted by molar-refractivity contribution is 0.206. The normalized spacial score (nSPS) is 16.2. The first kappa shape index (κ1) is 16.7. The second-order valence-corrected chi connectivity index (χ2v) is 6.63. The molecule has 0 N–H and O–H groups in total. The van der Waals surface area contributed by atoms with Crippen molar-refractivity contribution >= 4 is 0 Å². The molecule has 2 heterocycles. The van der Waals surface area contributed by atoms with Crippen LogP contribution in [0.25, 0.3) is 11.3 Å². The Labute approximate surface area is 142 Å². The molecule has 0 bridgehead atoms. The number of benzene rings is 1. The molecule has 24 heavy (non-hydrogen) atoms. The summed E-state index contributed by atoms with van der Waals surface area (Å²) >= 11 is 0. The molecule has 1 saturated heterocycles. The summed E-state index contributed by atoms with van der Waals surface area (Å²) in [6.45, 7) is 6.53. The van der Waals surface area contributed by atoms with E-state index >= 15 is 0 Å². The van der Waals surface area contributed by atoms with E-state index in [-0.39, 0.29) is 5.56 Å². The molecule has 5 nitrogen and oxygen atoms in total. The Hall–Kier alpha value is -2.14. The van der Waals surface area contributed by atoms with Crippen LogP contribution >= 0.6 is 0 Å². The van der Waals surface area contributed by atoms with Gasteiger partial charge in [-0.3, -0.25) is 4.79 Å². The molecule has 1 aromatic heterocycles. The van der Waals surface area contributed by atoms with Crippen molar-refractivity contribution in [2.24, 2.45) is 13.0 Å². The maximum Gasteiger partial charge on any atom is 0.266 e. The largest absolute Gasteiger partial charge is 0.493 e. The number of hydrogen-bond acceptors (Lipinski definition) is 4. The lowest BCUT2D eigenvalue weighted by Crippen LogP contribution is -2.28. The van der Waals surface area contributed by atoms with E-state index < -0.39 is 0 Å². The minimum Gasteiger partial charge on any atom is -0.493 e. The van der Waals surface area contributed by atoms with Gasteiger partial charge in [0.1, 0.15) is 5.75 Å². The van der Waals surface area contributed by atoms with Crippen molar-refractivity contribution in [3.8, 4) is 17.0 Å². The molecule has 3 rings (SSSR count). The highest BCUT2D eigenvalue weighted by atomic mass is 16.5. The highest BCUT2D eigenvalue weighted by Crippen LogP contribution is 2.20. The fourth-order valence-corrected chi connectivity index (χ4v) is 3.08. The highest BCUT2D eigenvalue weighted by Gasteiger charge is 2.15. The summed E-state index contributed by atoms with van der Waals surface area (Å²) in [7, 11) is 1.66. The van der Waals surface area contributed by atoms with Crippen molar-refractivity contribution in [3.63, 3.8) is 0 Å². The summed E-state index contributed by atoms with van der Waals surface area (Å²) in [4.78, 5) is 13.9. The number of aryl methyl sites for hydroxylation is 1. The molecule has 0 unspecified atom stereocenters. The molecule has 2 aromatic rings. The van der Waals surface area contributed by atoms with Crippen LogP contribution in [0.1, 0.15) is 19.8 Å². The molecule has 1 aliphatic heterocycles. The van der Waals surface area contributed by atoms with Crippen molar-refractivity contribution in [3.05, 3.63) is 46.8 Å². The Bertz CT molecular complexity index is 718. The van der Waals surface area contributed by atoms with Gasteiger partial charge in [0.2, 0.25) is 0 Å². The van der Waals surface area contributed by atoms with E-state index in [0.717, 1.165) is 30.2 Å². The van der Waals surface area contributed by atoms with Gasteiger partial charge in [0.15, 0.2) is 0 Å². The fraction of sp³-hybridized carbons (Fsp3) is 0.474. The Balaban J connectivity index is 1.56. The van der Waals surface area contributed by atoms with Gasteiger partial charge < -0.3 is 9.64 Å². The molecule has 0 amide bonds. The van der Waals surface area contributed by atoms with E-state index in [2.05, 4.69) is 16.9 Å². The summed E-state index contributed by atoms with van der Waals surface area (Å²) in [5, 5.41) is 4.26. The molecular weight excluding hydrogens is 302 g/mol. The number of hydrogen-bond donors (Lipinski definition) is 0. The smallest absolute Gasteiger partial charge is 0.266 e. The van der Waals surface area contributed by atoms with E-state index in [1.165, 1.54) is 36.7 Å². The van der Waals surface area contributed by atoms with E-state index in [1.807, 2.05) is 24.3 Å². The first-order valence-corrected chi connectivity index (χ1v) is 8.62. The summed E-state index contributed by atoms with van der Waals surface area (Å²) < 4.78 is 7.26. The van der Waals surface area contributed by atoms with Gasteiger partial charge in [-0.2, -0.15) is 5.10 Å². The molecule has 128 valence electrons. The number of aromatic nitrogens is 2. The van der Waals surface area contributed by atoms with Crippen LogP contribution < -0.4 is 10.3 Å². The van der Waals surface area contributed by atoms with Gasteiger partial charge in [-0.25, -0.2) is 4.68 Å². The minimum atomic E-state index is -0.106. The Morgan fingerprint density at radius 1 is 1.12 bits per heavy atom. The predicted octanol–water partition coefficient (Wildman–Crippen LogP) is 2.56. The molecule has 0 radical (unpaired) electrons. The van der Waals surface area contributed by atoms with E-state index in [4.69, 9.17) is 4.74 Å². The molecule has 0 saturated carbocycles.